The summed E-state index contributed by atoms with van der Waals surface area (Å²) in [4.78, 5) is 50.8. The second-order valence-electron chi connectivity index (χ2n) is 10.5. The Hall–Kier alpha value is -5.78. The SMILES string of the molecule is CCOC(=O)COc1nc(Oc2cccc(C3=NCCN3C)c2)nc(Oc2ccc(C#N)c(C(=O)OC(C)(C)C)c2)c1[N+](=O)[O-]. The van der Waals surface area contributed by atoms with Gasteiger partial charge in [0.2, 0.25) is 0 Å². The third-order valence-corrected chi connectivity index (χ3v) is 5.92. The quantitative estimate of drug-likeness (QED) is 0.167. The molecule has 0 atom stereocenters. The number of esters is 2. The number of rotatable bonds is 11. The van der Waals surface area contributed by atoms with Crippen LogP contribution in [0, 0.1) is 21.4 Å². The van der Waals surface area contributed by atoms with E-state index < -0.39 is 52.5 Å². The molecule has 0 radical (unpaired) electrons. The molecule has 0 fully saturated rings. The summed E-state index contributed by atoms with van der Waals surface area (Å²) in [6.45, 7) is 7.35. The molecule has 0 spiro atoms. The van der Waals surface area contributed by atoms with Crippen LogP contribution in [0.15, 0.2) is 47.5 Å². The highest BCUT2D eigenvalue weighted by molar-refractivity contribution is 6.00. The molecule has 4 rings (SSSR count). The van der Waals surface area contributed by atoms with Crippen molar-refractivity contribution in [2.75, 3.05) is 33.4 Å². The first-order valence-corrected chi connectivity index (χ1v) is 13.7. The van der Waals surface area contributed by atoms with Crippen molar-refractivity contribution in [1.29, 1.82) is 5.26 Å². The lowest BCUT2D eigenvalue weighted by Crippen LogP contribution is -2.24. The van der Waals surface area contributed by atoms with E-state index in [0.29, 0.717) is 6.54 Å². The topological polar surface area (TPSA) is 189 Å². The zero-order chi connectivity index (χ0) is 32.7. The van der Waals surface area contributed by atoms with Gasteiger partial charge in [0.15, 0.2) is 6.61 Å². The van der Waals surface area contributed by atoms with Crippen LogP contribution in [0.1, 0.15) is 49.2 Å². The highest BCUT2D eigenvalue weighted by atomic mass is 16.6. The fraction of sp³-hybridized carbons (Fsp3) is 0.333. The first kappa shape index (κ1) is 32.1. The molecule has 2 heterocycles. The number of carbonyl (C=O) groups is 2. The lowest BCUT2D eigenvalue weighted by molar-refractivity contribution is -0.387. The minimum atomic E-state index is -0.861. The Labute approximate surface area is 258 Å². The molecule has 1 aliphatic heterocycles. The second-order valence-corrected chi connectivity index (χ2v) is 10.5. The summed E-state index contributed by atoms with van der Waals surface area (Å²) in [5.74, 6) is -1.92. The third kappa shape index (κ3) is 8.20. The van der Waals surface area contributed by atoms with Crippen LogP contribution in [0.5, 0.6) is 29.3 Å². The summed E-state index contributed by atoms with van der Waals surface area (Å²) in [5, 5.41) is 21.7. The van der Waals surface area contributed by atoms with Crippen LogP contribution < -0.4 is 14.2 Å². The fourth-order valence-electron chi connectivity index (χ4n) is 4.05. The normalized spacial score (nSPS) is 12.5. The van der Waals surface area contributed by atoms with Crippen molar-refractivity contribution < 1.29 is 38.2 Å². The van der Waals surface area contributed by atoms with Crippen molar-refractivity contribution >= 4 is 23.5 Å². The minimum Gasteiger partial charge on any atom is -0.463 e. The number of hydrogen-bond acceptors (Lipinski definition) is 14. The molecule has 1 aromatic heterocycles. The van der Waals surface area contributed by atoms with Gasteiger partial charge in [-0.15, -0.1) is 0 Å². The average molecular weight is 619 g/mol. The lowest BCUT2D eigenvalue weighted by atomic mass is 10.1. The van der Waals surface area contributed by atoms with Crippen molar-refractivity contribution in [3.63, 3.8) is 0 Å². The second kappa shape index (κ2) is 13.7. The molecule has 2 aromatic carbocycles. The molecule has 0 aliphatic carbocycles. The molecule has 15 heteroatoms. The summed E-state index contributed by atoms with van der Waals surface area (Å²) < 4.78 is 27.3. The van der Waals surface area contributed by atoms with E-state index in [0.717, 1.165) is 17.9 Å². The Balaban J connectivity index is 1.76. The van der Waals surface area contributed by atoms with Gasteiger partial charge < -0.3 is 28.6 Å². The predicted octanol–water partition coefficient (Wildman–Crippen LogP) is 4.43. The number of aliphatic imine (C=N–C) groups is 1. The molecule has 0 unspecified atom stereocenters. The van der Waals surface area contributed by atoms with Gasteiger partial charge in [-0.25, -0.2) is 9.59 Å². The van der Waals surface area contributed by atoms with Gasteiger partial charge in [0.1, 0.15) is 29.0 Å². The Morgan fingerprint density at radius 2 is 1.82 bits per heavy atom. The number of ether oxygens (including phenoxy) is 5. The van der Waals surface area contributed by atoms with E-state index in [1.165, 1.54) is 18.2 Å². The maximum atomic E-state index is 12.8. The van der Waals surface area contributed by atoms with Gasteiger partial charge in [-0.3, -0.25) is 15.1 Å². The summed E-state index contributed by atoms with van der Waals surface area (Å²) in [7, 11) is 1.91. The summed E-state index contributed by atoms with van der Waals surface area (Å²) in [6.07, 6.45) is 0. The Bertz CT molecular complexity index is 1690. The number of hydrogen-bond donors (Lipinski definition) is 0. The zero-order valence-corrected chi connectivity index (χ0v) is 25.2. The molecule has 0 saturated carbocycles. The van der Waals surface area contributed by atoms with E-state index in [1.807, 2.05) is 24.1 Å². The van der Waals surface area contributed by atoms with Crippen LogP contribution in [0.2, 0.25) is 0 Å². The summed E-state index contributed by atoms with van der Waals surface area (Å²) >= 11 is 0. The molecule has 15 nitrogen and oxygen atoms in total. The smallest absolute Gasteiger partial charge is 0.392 e. The largest absolute Gasteiger partial charge is 0.463 e. The highest BCUT2D eigenvalue weighted by Gasteiger charge is 2.31. The van der Waals surface area contributed by atoms with E-state index in [2.05, 4.69) is 15.0 Å². The molecular weight excluding hydrogens is 588 g/mol. The van der Waals surface area contributed by atoms with Crippen LogP contribution in [0.25, 0.3) is 0 Å². The number of nitriles is 1. The lowest BCUT2D eigenvalue weighted by Gasteiger charge is -2.20. The van der Waals surface area contributed by atoms with Crippen LogP contribution in [0.4, 0.5) is 5.69 Å². The van der Waals surface area contributed by atoms with E-state index in [1.54, 1.807) is 45.9 Å². The van der Waals surface area contributed by atoms with Crippen molar-refractivity contribution in [3.05, 3.63) is 69.3 Å². The number of likely N-dealkylation sites (N-methyl/N-ethyl adjacent to an activating group) is 1. The summed E-state index contributed by atoms with van der Waals surface area (Å²) in [5.41, 5.74) is -1.06. The van der Waals surface area contributed by atoms with E-state index in [4.69, 9.17) is 23.7 Å². The van der Waals surface area contributed by atoms with Crippen LogP contribution in [-0.4, -0.2) is 76.5 Å². The van der Waals surface area contributed by atoms with Gasteiger partial charge in [-0.1, -0.05) is 12.1 Å². The monoisotopic (exact) mass is 618 g/mol. The van der Waals surface area contributed by atoms with Gasteiger partial charge >= 0.3 is 35.4 Å². The number of benzene rings is 2. The van der Waals surface area contributed by atoms with Crippen LogP contribution >= 0.6 is 0 Å². The maximum Gasteiger partial charge on any atom is 0.392 e. The minimum absolute atomic E-state index is 0.00587. The van der Waals surface area contributed by atoms with E-state index >= 15 is 0 Å². The van der Waals surface area contributed by atoms with E-state index in [-0.39, 0.29) is 29.2 Å². The molecule has 0 saturated heterocycles. The molecular formula is C30H30N6O9. The first-order valence-electron chi connectivity index (χ1n) is 13.7. The number of aromatic nitrogens is 2. The average Bonchev–Trinajstić information content (AvgIpc) is 3.41. The van der Waals surface area contributed by atoms with Crippen molar-refractivity contribution in [2.24, 2.45) is 4.99 Å². The molecule has 0 bridgehead atoms. The fourth-order valence-corrected chi connectivity index (χ4v) is 4.05. The van der Waals surface area contributed by atoms with Crippen LogP contribution in [0.3, 0.4) is 0 Å². The molecule has 1 aliphatic rings. The van der Waals surface area contributed by atoms with Gasteiger partial charge in [0.05, 0.1) is 29.2 Å². The Morgan fingerprint density at radius 3 is 2.47 bits per heavy atom. The third-order valence-electron chi connectivity index (χ3n) is 5.92. The van der Waals surface area contributed by atoms with Crippen molar-refractivity contribution in [2.45, 2.75) is 33.3 Å². The molecule has 45 heavy (non-hydrogen) atoms. The molecule has 3 aromatic rings. The molecule has 0 N–H and O–H groups in total. The maximum absolute atomic E-state index is 12.8. The molecule has 234 valence electrons. The van der Waals surface area contributed by atoms with Crippen LogP contribution in [-0.2, 0) is 14.3 Å². The predicted molar refractivity (Wildman–Crippen MR) is 158 cm³/mol. The van der Waals surface area contributed by atoms with Gasteiger partial charge in [0.25, 0.3) is 0 Å². The number of nitro groups is 1. The number of nitrogens with zero attached hydrogens (tertiary/aromatic N) is 6. The Kier molecular flexibility index (Phi) is 9.77. The highest BCUT2D eigenvalue weighted by Crippen LogP contribution is 2.39. The summed E-state index contributed by atoms with van der Waals surface area (Å²) in [6, 6.07) is 12.2. The first-order chi connectivity index (χ1) is 21.4. The number of carbonyl (C=O) groups excluding carboxylic acids is 2. The van der Waals surface area contributed by atoms with Crippen molar-refractivity contribution in [1.82, 2.24) is 14.9 Å². The number of amidine groups is 1. The standard InChI is InChI=1S/C30H30N6O9/c1-6-41-23(37)17-42-26-24(36(39)40)27(43-21-11-10-19(16-31)22(15-21)28(38)45-30(2,3)4)34-29(33-26)44-20-9-7-8-18(14-20)25-32-12-13-35(25)5/h7-11,14-15H,6,12-13,17H2,1-5H3. The molecule has 0 amide bonds. The van der Waals surface area contributed by atoms with Gasteiger partial charge in [-0.2, -0.15) is 15.2 Å². The Morgan fingerprint density at radius 1 is 1.09 bits per heavy atom. The zero-order valence-electron chi connectivity index (χ0n) is 25.2. The van der Waals surface area contributed by atoms with E-state index in [9.17, 15) is 25.0 Å². The van der Waals surface area contributed by atoms with Gasteiger partial charge in [-0.05, 0) is 58.0 Å². The van der Waals surface area contributed by atoms with Gasteiger partial charge in [0, 0.05) is 19.2 Å². The van der Waals surface area contributed by atoms with Crippen molar-refractivity contribution in [3.8, 4) is 35.3 Å².